The quantitative estimate of drug-likeness (QED) is 0.640. The van der Waals surface area contributed by atoms with Gasteiger partial charge in [0.05, 0.1) is 26.7 Å². The molecule has 1 fully saturated rings. The third-order valence-corrected chi connectivity index (χ3v) is 5.93. The summed E-state index contributed by atoms with van der Waals surface area (Å²) < 4.78 is 15.9. The molecule has 1 aliphatic rings. The van der Waals surface area contributed by atoms with Crippen molar-refractivity contribution < 1.29 is 28.9 Å². The van der Waals surface area contributed by atoms with Gasteiger partial charge in [-0.3, -0.25) is 4.79 Å². The van der Waals surface area contributed by atoms with E-state index in [0.29, 0.717) is 28.6 Å². The number of hydrogen-bond acceptors (Lipinski definition) is 6. The molecule has 1 aliphatic heterocycles. The van der Waals surface area contributed by atoms with Crippen molar-refractivity contribution in [2.75, 3.05) is 27.1 Å². The Labute approximate surface area is 164 Å². The molecule has 150 valence electrons. The van der Waals surface area contributed by atoms with Gasteiger partial charge in [0.1, 0.15) is 6.04 Å². The van der Waals surface area contributed by atoms with E-state index < -0.39 is 12.0 Å². The first-order valence-electron chi connectivity index (χ1n) is 8.95. The lowest BCUT2D eigenvalue weighted by Crippen LogP contribution is -2.45. The van der Waals surface area contributed by atoms with Crippen LogP contribution in [-0.2, 0) is 4.79 Å². The highest BCUT2D eigenvalue weighted by atomic mass is 32.2. The van der Waals surface area contributed by atoms with Gasteiger partial charge in [-0.1, -0.05) is 26.2 Å². The Hall–Kier alpha value is -2.09. The van der Waals surface area contributed by atoms with Crippen LogP contribution in [0, 0.1) is 0 Å². The fourth-order valence-electron chi connectivity index (χ4n) is 3.17. The Morgan fingerprint density at radius 3 is 2.26 bits per heavy atom. The molecule has 1 saturated heterocycles. The number of carbonyl (C=O) groups excluding carboxylic acids is 1. The normalized spacial score (nSPS) is 19.0. The van der Waals surface area contributed by atoms with Gasteiger partial charge in [-0.2, -0.15) is 0 Å². The van der Waals surface area contributed by atoms with Crippen LogP contribution >= 0.6 is 11.8 Å². The maximum atomic E-state index is 13.2. The summed E-state index contributed by atoms with van der Waals surface area (Å²) in [5, 5.41) is 9.43. The molecule has 0 aromatic heterocycles. The molecule has 0 bridgehead atoms. The molecule has 27 heavy (non-hydrogen) atoms. The molecule has 2 rings (SSSR count). The van der Waals surface area contributed by atoms with E-state index in [1.165, 1.54) is 38.0 Å². The van der Waals surface area contributed by atoms with Crippen molar-refractivity contribution in [1.82, 2.24) is 4.90 Å². The minimum Gasteiger partial charge on any atom is -0.493 e. The minimum atomic E-state index is -0.985. The summed E-state index contributed by atoms with van der Waals surface area (Å²) in [4.78, 5) is 26.4. The van der Waals surface area contributed by atoms with Gasteiger partial charge in [0.15, 0.2) is 11.5 Å². The summed E-state index contributed by atoms with van der Waals surface area (Å²) in [5.41, 5.74) is 0.318. The van der Waals surface area contributed by atoms with Crippen LogP contribution in [0.3, 0.4) is 0 Å². The Kier molecular flexibility index (Phi) is 7.65. The Bertz CT molecular complexity index is 655. The summed E-state index contributed by atoms with van der Waals surface area (Å²) in [6.45, 7) is 2.11. The second-order valence-corrected chi connectivity index (χ2v) is 7.48. The number of nitrogens with zero attached hydrogens (tertiary/aromatic N) is 1. The van der Waals surface area contributed by atoms with Crippen molar-refractivity contribution in [3.63, 3.8) is 0 Å². The van der Waals surface area contributed by atoms with Crippen LogP contribution < -0.4 is 14.2 Å². The molecular formula is C19H27NO6S. The summed E-state index contributed by atoms with van der Waals surface area (Å²) in [6.07, 6.45) is 3.86. The van der Waals surface area contributed by atoms with Gasteiger partial charge in [-0.05, 0) is 18.6 Å². The number of unbranched alkanes of at least 4 members (excludes halogenated alkanes) is 2. The number of carboxylic acids is 1. The molecule has 1 aromatic rings. The molecule has 0 unspecified atom stereocenters. The SMILES string of the molecule is CCCCC[C@@H]1SC[C@@H](C(=O)O)N1C(=O)c1cc(OC)c(OC)c(OC)c1. The zero-order valence-electron chi connectivity index (χ0n) is 16.2. The van der Waals surface area contributed by atoms with Gasteiger partial charge in [-0.15, -0.1) is 11.8 Å². The van der Waals surface area contributed by atoms with E-state index in [1.54, 1.807) is 12.1 Å². The lowest BCUT2D eigenvalue weighted by atomic mass is 10.1. The average Bonchev–Trinajstić information content (AvgIpc) is 3.10. The van der Waals surface area contributed by atoms with Crippen LogP contribution in [0.4, 0.5) is 0 Å². The monoisotopic (exact) mass is 397 g/mol. The molecular weight excluding hydrogens is 370 g/mol. The second-order valence-electron chi connectivity index (χ2n) is 6.26. The number of ether oxygens (including phenoxy) is 3. The molecule has 1 N–H and O–H groups in total. The van der Waals surface area contributed by atoms with Crippen molar-refractivity contribution in [3.8, 4) is 17.2 Å². The lowest BCUT2D eigenvalue weighted by molar-refractivity contribution is -0.141. The Balaban J connectivity index is 2.37. The van der Waals surface area contributed by atoms with Crippen LogP contribution in [0.5, 0.6) is 17.2 Å². The van der Waals surface area contributed by atoms with Crippen LogP contribution in [-0.4, -0.2) is 60.4 Å². The molecule has 7 nitrogen and oxygen atoms in total. The summed E-state index contributed by atoms with van der Waals surface area (Å²) >= 11 is 1.52. The molecule has 1 heterocycles. The standard InChI is InChI=1S/C19H27NO6S/c1-5-6-7-8-16-20(13(11-27-16)19(22)23)18(21)12-9-14(24-2)17(26-4)15(10-12)25-3/h9-10,13,16H,5-8,11H2,1-4H3,(H,22,23)/t13-,16-/m0/s1. The number of hydrogen-bond donors (Lipinski definition) is 1. The summed E-state index contributed by atoms with van der Waals surface area (Å²) in [7, 11) is 4.44. The third kappa shape index (κ3) is 4.61. The highest BCUT2D eigenvalue weighted by Gasteiger charge is 2.42. The Morgan fingerprint density at radius 1 is 1.15 bits per heavy atom. The second kappa shape index (κ2) is 9.73. The van der Waals surface area contributed by atoms with E-state index in [2.05, 4.69) is 6.92 Å². The highest BCUT2D eigenvalue weighted by molar-refractivity contribution is 8.00. The molecule has 0 spiro atoms. The minimum absolute atomic E-state index is 0.149. The number of carbonyl (C=O) groups is 2. The lowest BCUT2D eigenvalue weighted by Gasteiger charge is -2.28. The van der Waals surface area contributed by atoms with Crippen molar-refractivity contribution in [3.05, 3.63) is 17.7 Å². The molecule has 0 radical (unpaired) electrons. The largest absolute Gasteiger partial charge is 0.493 e. The first-order chi connectivity index (χ1) is 13.0. The van der Waals surface area contributed by atoms with E-state index >= 15 is 0 Å². The number of carboxylic acid groups (broad SMARTS) is 1. The molecule has 8 heteroatoms. The van der Waals surface area contributed by atoms with Gasteiger partial charge in [0.25, 0.3) is 5.91 Å². The average molecular weight is 397 g/mol. The number of benzene rings is 1. The number of rotatable bonds is 9. The third-order valence-electron chi connectivity index (χ3n) is 4.58. The highest BCUT2D eigenvalue weighted by Crippen LogP contribution is 2.40. The molecule has 0 saturated carbocycles. The van der Waals surface area contributed by atoms with Gasteiger partial charge >= 0.3 is 5.97 Å². The zero-order chi connectivity index (χ0) is 20.0. The van der Waals surface area contributed by atoms with E-state index in [-0.39, 0.29) is 11.3 Å². The summed E-state index contributed by atoms with van der Waals surface area (Å²) in [5.74, 6) is 0.182. The van der Waals surface area contributed by atoms with E-state index in [9.17, 15) is 14.7 Å². The fraction of sp³-hybridized carbons (Fsp3) is 0.579. The van der Waals surface area contributed by atoms with Crippen molar-refractivity contribution in [1.29, 1.82) is 0 Å². The van der Waals surface area contributed by atoms with Gasteiger partial charge < -0.3 is 24.2 Å². The fourth-order valence-corrected chi connectivity index (χ4v) is 4.62. The molecule has 1 aromatic carbocycles. The van der Waals surface area contributed by atoms with Crippen LogP contribution in [0.1, 0.15) is 43.0 Å². The van der Waals surface area contributed by atoms with Crippen molar-refractivity contribution in [2.24, 2.45) is 0 Å². The number of methoxy groups -OCH3 is 3. The predicted molar refractivity (Wildman–Crippen MR) is 104 cm³/mol. The maximum absolute atomic E-state index is 13.2. The van der Waals surface area contributed by atoms with Crippen LogP contribution in [0.15, 0.2) is 12.1 Å². The van der Waals surface area contributed by atoms with Crippen molar-refractivity contribution in [2.45, 2.75) is 44.0 Å². The van der Waals surface area contributed by atoms with Crippen LogP contribution in [0.25, 0.3) is 0 Å². The van der Waals surface area contributed by atoms with E-state index in [4.69, 9.17) is 14.2 Å². The molecule has 1 amide bonds. The first-order valence-corrected chi connectivity index (χ1v) is 10.00. The molecule has 2 atom stereocenters. The van der Waals surface area contributed by atoms with Gasteiger partial charge in [0.2, 0.25) is 5.75 Å². The van der Waals surface area contributed by atoms with Crippen LogP contribution in [0.2, 0.25) is 0 Å². The van der Waals surface area contributed by atoms with E-state index in [0.717, 1.165) is 25.7 Å². The number of amides is 1. The predicted octanol–water partition coefficient (Wildman–Crippen LogP) is 3.26. The Morgan fingerprint density at radius 2 is 1.78 bits per heavy atom. The van der Waals surface area contributed by atoms with Gasteiger partial charge in [0, 0.05) is 11.3 Å². The van der Waals surface area contributed by atoms with Gasteiger partial charge in [-0.25, -0.2) is 4.79 Å². The maximum Gasteiger partial charge on any atom is 0.327 e. The number of aliphatic carboxylic acids is 1. The first kappa shape index (κ1) is 21.2. The smallest absolute Gasteiger partial charge is 0.327 e. The topological polar surface area (TPSA) is 85.3 Å². The van der Waals surface area contributed by atoms with E-state index in [1.807, 2.05) is 0 Å². The summed E-state index contributed by atoms with van der Waals surface area (Å²) in [6, 6.07) is 2.29. The molecule has 0 aliphatic carbocycles. The number of thioether (sulfide) groups is 1. The van der Waals surface area contributed by atoms with Crippen molar-refractivity contribution >= 4 is 23.6 Å². The zero-order valence-corrected chi connectivity index (χ0v) is 17.0.